The Hall–Kier alpha value is -0.810. The first kappa shape index (κ1) is 12.6. The number of piperidine rings is 1. The van der Waals surface area contributed by atoms with E-state index in [1.165, 1.54) is 0 Å². The molecule has 0 aliphatic carbocycles. The predicted octanol–water partition coefficient (Wildman–Crippen LogP) is 1.52. The van der Waals surface area contributed by atoms with Gasteiger partial charge in [-0.1, -0.05) is 6.92 Å². The minimum Gasteiger partial charge on any atom is -0.346 e. The zero-order valence-electron chi connectivity index (χ0n) is 10.2. The number of hydrogen-bond acceptors (Lipinski definition) is 2. The average Bonchev–Trinajstić information content (AvgIpc) is 2.61. The molecule has 0 radical (unpaired) electrons. The summed E-state index contributed by atoms with van der Waals surface area (Å²) in [7, 11) is 1.88. The number of nitrogens with one attached hydrogen (secondary N) is 2. The topological polar surface area (TPSA) is 46.1 Å². The Bertz CT molecular complexity index is 416. The second-order valence-corrected chi connectivity index (χ2v) is 5.62. The molecule has 2 N–H and O–H groups in total. The Morgan fingerprint density at radius 3 is 3.00 bits per heavy atom. The quantitative estimate of drug-likeness (QED) is 0.870. The third-order valence-electron chi connectivity index (χ3n) is 3.35. The summed E-state index contributed by atoms with van der Waals surface area (Å²) in [5, 5.41) is 6.41. The van der Waals surface area contributed by atoms with Crippen LogP contribution in [-0.4, -0.2) is 29.6 Å². The minimum atomic E-state index is -0.00116. The van der Waals surface area contributed by atoms with Crippen LogP contribution in [0.1, 0.15) is 23.8 Å². The van der Waals surface area contributed by atoms with E-state index in [1.54, 1.807) is 0 Å². The molecule has 0 aromatic carbocycles. The SMILES string of the molecule is CC1CCNCC1NC(=O)c1cc(Br)cn1C. The van der Waals surface area contributed by atoms with Crippen molar-refractivity contribution in [1.82, 2.24) is 15.2 Å². The predicted molar refractivity (Wildman–Crippen MR) is 71.0 cm³/mol. The van der Waals surface area contributed by atoms with Crippen LogP contribution >= 0.6 is 15.9 Å². The molecule has 0 spiro atoms. The van der Waals surface area contributed by atoms with Crippen molar-refractivity contribution in [3.05, 3.63) is 22.4 Å². The molecule has 2 unspecified atom stereocenters. The summed E-state index contributed by atoms with van der Waals surface area (Å²) in [5.41, 5.74) is 0.689. The van der Waals surface area contributed by atoms with E-state index in [0.717, 1.165) is 24.0 Å². The summed E-state index contributed by atoms with van der Waals surface area (Å²) in [6.45, 7) is 4.09. The van der Waals surface area contributed by atoms with Crippen LogP contribution in [0.5, 0.6) is 0 Å². The molecule has 2 atom stereocenters. The smallest absolute Gasteiger partial charge is 0.268 e. The maximum absolute atomic E-state index is 12.1. The van der Waals surface area contributed by atoms with E-state index in [0.29, 0.717) is 11.6 Å². The van der Waals surface area contributed by atoms with Gasteiger partial charge in [-0.05, 0) is 40.9 Å². The van der Waals surface area contributed by atoms with Gasteiger partial charge in [-0.3, -0.25) is 4.79 Å². The van der Waals surface area contributed by atoms with Gasteiger partial charge in [-0.25, -0.2) is 0 Å². The molecule has 1 aromatic rings. The molecule has 1 aliphatic heterocycles. The lowest BCUT2D eigenvalue weighted by molar-refractivity contribution is 0.0907. The molecule has 5 heteroatoms. The highest BCUT2D eigenvalue weighted by atomic mass is 79.9. The molecule has 1 saturated heterocycles. The van der Waals surface area contributed by atoms with Crippen molar-refractivity contribution in [2.24, 2.45) is 13.0 Å². The Labute approximate surface area is 110 Å². The molecule has 1 fully saturated rings. The molecular formula is C12H18BrN3O. The second kappa shape index (κ2) is 5.23. The Balaban J connectivity index is 2.03. The van der Waals surface area contributed by atoms with Gasteiger partial charge >= 0.3 is 0 Å². The summed E-state index contributed by atoms with van der Waals surface area (Å²) in [6, 6.07) is 2.07. The maximum Gasteiger partial charge on any atom is 0.268 e. The van der Waals surface area contributed by atoms with Crippen molar-refractivity contribution in [2.45, 2.75) is 19.4 Å². The number of nitrogens with zero attached hydrogens (tertiary/aromatic N) is 1. The molecule has 17 heavy (non-hydrogen) atoms. The third-order valence-corrected chi connectivity index (χ3v) is 3.78. The number of hydrogen-bond donors (Lipinski definition) is 2. The van der Waals surface area contributed by atoms with Crippen LogP contribution in [0.2, 0.25) is 0 Å². The first-order valence-corrected chi connectivity index (χ1v) is 6.70. The summed E-state index contributed by atoms with van der Waals surface area (Å²) < 4.78 is 2.76. The van der Waals surface area contributed by atoms with Crippen LogP contribution in [0.25, 0.3) is 0 Å². The average molecular weight is 300 g/mol. The van der Waals surface area contributed by atoms with Crippen LogP contribution in [-0.2, 0) is 7.05 Å². The lowest BCUT2D eigenvalue weighted by Crippen LogP contribution is -2.50. The van der Waals surface area contributed by atoms with Crippen LogP contribution in [0, 0.1) is 5.92 Å². The molecule has 4 nitrogen and oxygen atoms in total. The molecule has 0 saturated carbocycles. The molecule has 2 rings (SSSR count). The molecular weight excluding hydrogens is 282 g/mol. The Morgan fingerprint density at radius 2 is 2.41 bits per heavy atom. The normalized spacial score (nSPS) is 24.6. The van der Waals surface area contributed by atoms with Crippen LogP contribution in [0.4, 0.5) is 0 Å². The van der Waals surface area contributed by atoms with E-state index in [4.69, 9.17) is 0 Å². The monoisotopic (exact) mass is 299 g/mol. The van der Waals surface area contributed by atoms with Gasteiger partial charge in [0, 0.05) is 30.3 Å². The highest BCUT2D eigenvalue weighted by Gasteiger charge is 2.23. The first-order valence-electron chi connectivity index (χ1n) is 5.91. The molecule has 1 amide bonds. The van der Waals surface area contributed by atoms with Crippen molar-refractivity contribution in [3.63, 3.8) is 0 Å². The zero-order chi connectivity index (χ0) is 12.4. The number of amides is 1. The third kappa shape index (κ3) is 2.90. The molecule has 94 valence electrons. The van der Waals surface area contributed by atoms with Gasteiger partial charge < -0.3 is 15.2 Å². The second-order valence-electron chi connectivity index (χ2n) is 4.70. The van der Waals surface area contributed by atoms with Crippen molar-refractivity contribution in [1.29, 1.82) is 0 Å². The number of aryl methyl sites for hydroxylation is 1. The minimum absolute atomic E-state index is 0.00116. The van der Waals surface area contributed by atoms with Gasteiger partial charge in [-0.15, -0.1) is 0 Å². The summed E-state index contributed by atoms with van der Waals surface area (Å²) in [5.74, 6) is 0.530. The van der Waals surface area contributed by atoms with Gasteiger partial charge in [-0.2, -0.15) is 0 Å². The van der Waals surface area contributed by atoms with E-state index >= 15 is 0 Å². The summed E-state index contributed by atoms with van der Waals surface area (Å²) >= 11 is 3.38. The number of carbonyl (C=O) groups is 1. The highest BCUT2D eigenvalue weighted by Crippen LogP contribution is 2.15. The molecule has 2 heterocycles. The number of aromatic nitrogens is 1. The van der Waals surface area contributed by atoms with Gasteiger partial charge in [0.05, 0.1) is 0 Å². The van der Waals surface area contributed by atoms with Crippen LogP contribution in [0.3, 0.4) is 0 Å². The van der Waals surface area contributed by atoms with Crippen molar-refractivity contribution < 1.29 is 4.79 Å². The number of carbonyl (C=O) groups excluding carboxylic acids is 1. The van der Waals surface area contributed by atoms with Gasteiger partial charge in [0.15, 0.2) is 0 Å². The molecule has 1 aromatic heterocycles. The molecule has 0 bridgehead atoms. The summed E-state index contributed by atoms with van der Waals surface area (Å²) in [6.07, 6.45) is 3.00. The number of rotatable bonds is 2. The fraction of sp³-hybridized carbons (Fsp3) is 0.583. The first-order chi connectivity index (χ1) is 8.08. The maximum atomic E-state index is 12.1. The Kier molecular flexibility index (Phi) is 3.89. The van der Waals surface area contributed by atoms with E-state index in [9.17, 15) is 4.79 Å². The fourth-order valence-electron chi connectivity index (χ4n) is 2.18. The van der Waals surface area contributed by atoms with Crippen molar-refractivity contribution in [2.75, 3.05) is 13.1 Å². The van der Waals surface area contributed by atoms with Crippen molar-refractivity contribution in [3.8, 4) is 0 Å². The van der Waals surface area contributed by atoms with E-state index < -0.39 is 0 Å². The van der Waals surface area contributed by atoms with E-state index in [2.05, 4.69) is 33.5 Å². The lowest BCUT2D eigenvalue weighted by Gasteiger charge is -2.30. The van der Waals surface area contributed by atoms with Crippen LogP contribution in [0.15, 0.2) is 16.7 Å². The van der Waals surface area contributed by atoms with Crippen LogP contribution < -0.4 is 10.6 Å². The largest absolute Gasteiger partial charge is 0.346 e. The lowest BCUT2D eigenvalue weighted by atomic mass is 9.95. The van der Waals surface area contributed by atoms with E-state index in [1.807, 2.05) is 23.9 Å². The number of halogens is 1. The van der Waals surface area contributed by atoms with Gasteiger partial charge in [0.25, 0.3) is 5.91 Å². The summed E-state index contributed by atoms with van der Waals surface area (Å²) in [4.78, 5) is 12.1. The highest BCUT2D eigenvalue weighted by molar-refractivity contribution is 9.10. The zero-order valence-corrected chi connectivity index (χ0v) is 11.8. The fourth-order valence-corrected chi connectivity index (χ4v) is 2.70. The van der Waals surface area contributed by atoms with E-state index in [-0.39, 0.29) is 11.9 Å². The Morgan fingerprint density at radius 1 is 1.65 bits per heavy atom. The van der Waals surface area contributed by atoms with Crippen molar-refractivity contribution >= 4 is 21.8 Å². The standard InChI is InChI=1S/C12H18BrN3O/c1-8-3-4-14-6-10(8)15-12(17)11-5-9(13)7-16(11)2/h5,7-8,10,14H,3-4,6H2,1-2H3,(H,15,17). The van der Waals surface area contributed by atoms with Gasteiger partial charge in [0.1, 0.15) is 5.69 Å². The van der Waals surface area contributed by atoms with Gasteiger partial charge in [0.2, 0.25) is 0 Å². The molecule has 1 aliphatic rings.